The number of allylic oxidation sites excluding steroid dienone is 2. The van der Waals surface area contributed by atoms with Gasteiger partial charge in [-0.2, -0.15) is 0 Å². The molecule has 0 unspecified atom stereocenters. The summed E-state index contributed by atoms with van der Waals surface area (Å²) in [5, 5.41) is 0. The quantitative estimate of drug-likeness (QED) is 0.685. The number of aryl methyl sites for hydroxylation is 1. The Labute approximate surface area is 83.8 Å². The van der Waals surface area contributed by atoms with E-state index in [2.05, 4.69) is 22.1 Å². The molecule has 2 rings (SSSR count). The van der Waals surface area contributed by atoms with Crippen LogP contribution in [-0.2, 0) is 0 Å². The lowest BCUT2D eigenvalue weighted by molar-refractivity contribution is 0.237. The minimum absolute atomic E-state index is 0.497. The minimum atomic E-state index is 0.497. The first-order chi connectivity index (χ1) is 6.84. The smallest absolute Gasteiger partial charge is 0.316 e. The van der Waals surface area contributed by atoms with Crippen molar-refractivity contribution in [2.45, 2.75) is 19.8 Å². The summed E-state index contributed by atoms with van der Waals surface area (Å²) in [6.07, 6.45) is 8.36. The number of ether oxygens (including phenoxy) is 1. The maximum Gasteiger partial charge on any atom is 0.316 e. The second-order valence-electron chi connectivity index (χ2n) is 3.60. The van der Waals surface area contributed by atoms with Crippen molar-refractivity contribution in [3.8, 4) is 6.01 Å². The molecule has 14 heavy (non-hydrogen) atoms. The highest BCUT2D eigenvalue weighted by Crippen LogP contribution is 2.18. The van der Waals surface area contributed by atoms with E-state index in [1.807, 2.05) is 13.0 Å². The summed E-state index contributed by atoms with van der Waals surface area (Å²) in [7, 11) is 0. The Bertz CT molecular complexity index is 328. The second-order valence-corrected chi connectivity index (χ2v) is 3.60. The van der Waals surface area contributed by atoms with Crippen LogP contribution in [0.4, 0.5) is 0 Å². The second kappa shape index (κ2) is 4.22. The molecule has 3 heteroatoms. The molecule has 1 aromatic rings. The summed E-state index contributed by atoms with van der Waals surface area (Å²) >= 11 is 0. The molecule has 0 N–H and O–H groups in total. The summed E-state index contributed by atoms with van der Waals surface area (Å²) in [5.74, 6) is 0.610. The van der Waals surface area contributed by atoms with Crippen molar-refractivity contribution in [2.24, 2.45) is 5.92 Å². The topological polar surface area (TPSA) is 35.0 Å². The molecule has 0 amide bonds. The van der Waals surface area contributed by atoms with Crippen LogP contribution in [0.25, 0.3) is 0 Å². The predicted octanol–water partition coefficient (Wildman–Crippen LogP) is 2.13. The molecular weight excluding hydrogens is 176 g/mol. The third-order valence-electron chi connectivity index (χ3n) is 2.33. The molecule has 74 valence electrons. The van der Waals surface area contributed by atoms with Gasteiger partial charge in [-0.05, 0) is 31.7 Å². The summed E-state index contributed by atoms with van der Waals surface area (Å²) in [6, 6.07) is 2.36. The lowest BCUT2D eigenvalue weighted by atomic mass is 10.1. The van der Waals surface area contributed by atoms with E-state index in [4.69, 9.17) is 4.74 Å². The standard InChI is InChI=1S/C11H14N2O/c1-9-6-7-12-11(13-9)14-8-10-4-2-3-5-10/h2-3,6-7,10H,4-5,8H2,1H3. The molecule has 1 aliphatic rings. The van der Waals surface area contributed by atoms with Gasteiger partial charge in [0.1, 0.15) is 0 Å². The van der Waals surface area contributed by atoms with Crippen LogP contribution in [0.2, 0.25) is 0 Å². The molecule has 3 nitrogen and oxygen atoms in total. The molecule has 1 aromatic heterocycles. The average molecular weight is 190 g/mol. The van der Waals surface area contributed by atoms with Crippen LogP contribution in [0.1, 0.15) is 18.5 Å². The van der Waals surface area contributed by atoms with Gasteiger partial charge in [0.15, 0.2) is 0 Å². The first-order valence-corrected chi connectivity index (χ1v) is 4.92. The van der Waals surface area contributed by atoms with Gasteiger partial charge in [0.05, 0.1) is 6.61 Å². The largest absolute Gasteiger partial charge is 0.463 e. The van der Waals surface area contributed by atoms with Gasteiger partial charge in [-0.25, -0.2) is 9.97 Å². The van der Waals surface area contributed by atoms with E-state index in [9.17, 15) is 0 Å². The summed E-state index contributed by atoms with van der Waals surface area (Å²) in [5.41, 5.74) is 0.944. The number of hydrogen-bond donors (Lipinski definition) is 0. The summed E-state index contributed by atoms with van der Waals surface area (Å²) < 4.78 is 5.51. The van der Waals surface area contributed by atoms with E-state index in [0.29, 0.717) is 11.9 Å². The van der Waals surface area contributed by atoms with Crippen molar-refractivity contribution >= 4 is 0 Å². The predicted molar refractivity (Wildman–Crippen MR) is 54.1 cm³/mol. The van der Waals surface area contributed by atoms with Crippen LogP contribution in [-0.4, -0.2) is 16.6 Å². The van der Waals surface area contributed by atoms with Crippen LogP contribution in [0.3, 0.4) is 0 Å². The molecule has 0 bridgehead atoms. The van der Waals surface area contributed by atoms with Gasteiger partial charge in [-0.3, -0.25) is 0 Å². The number of rotatable bonds is 3. The molecule has 0 atom stereocenters. The monoisotopic (exact) mass is 190 g/mol. The van der Waals surface area contributed by atoms with E-state index in [0.717, 1.165) is 25.1 Å². The van der Waals surface area contributed by atoms with Gasteiger partial charge in [0, 0.05) is 11.9 Å². The highest BCUT2D eigenvalue weighted by Gasteiger charge is 2.11. The Morgan fingerprint density at radius 2 is 2.21 bits per heavy atom. The zero-order valence-electron chi connectivity index (χ0n) is 8.31. The van der Waals surface area contributed by atoms with Crippen LogP contribution >= 0.6 is 0 Å². The van der Waals surface area contributed by atoms with Gasteiger partial charge in [0.2, 0.25) is 0 Å². The molecule has 1 heterocycles. The maximum absolute atomic E-state index is 5.51. The molecule has 1 aliphatic carbocycles. The first kappa shape index (κ1) is 9.19. The number of aromatic nitrogens is 2. The molecule has 0 saturated carbocycles. The Balaban J connectivity index is 1.85. The fourth-order valence-electron chi connectivity index (χ4n) is 1.50. The van der Waals surface area contributed by atoms with Crippen LogP contribution in [0.15, 0.2) is 24.4 Å². The highest BCUT2D eigenvalue weighted by molar-refractivity contribution is 5.03. The van der Waals surface area contributed by atoms with Crippen LogP contribution in [0, 0.1) is 12.8 Å². The van der Waals surface area contributed by atoms with Crippen molar-refractivity contribution in [1.82, 2.24) is 9.97 Å². The Hall–Kier alpha value is -1.38. The molecule has 0 saturated heterocycles. The fraction of sp³-hybridized carbons (Fsp3) is 0.455. The zero-order valence-corrected chi connectivity index (χ0v) is 8.31. The van der Waals surface area contributed by atoms with E-state index in [-0.39, 0.29) is 0 Å². The fourth-order valence-corrected chi connectivity index (χ4v) is 1.50. The number of nitrogens with zero attached hydrogens (tertiary/aromatic N) is 2. The molecule has 0 aliphatic heterocycles. The molecule has 0 spiro atoms. The lowest BCUT2D eigenvalue weighted by Crippen LogP contribution is -2.10. The Morgan fingerprint density at radius 1 is 1.43 bits per heavy atom. The van der Waals surface area contributed by atoms with Crippen molar-refractivity contribution in [3.05, 3.63) is 30.1 Å². The van der Waals surface area contributed by atoms with Gasteiger partial charge in [-0.1, -0.05) is 12.2 Å². The first-order valence-electron chi connectivity index (χ1n) is 4.92. The van der Waals surface area contributed by atoms with Crippen LogP contribution < -0.4 is 4.74 Å². The molecule has 0 radical (unpaired) electrons. The SMILES string of the molecule is Cc1ccnc(OCC2CC=CC2)n1. The van der Waals surface area contributed by atoms with Gasteiger partial charge in [-0.15, -0.1) is 0 Å². The van der Waals surface area contributed by atoms with E-state index in [1.165, 1.54) is 0 Å². The lowest BCUT2D eigenvalue weighted by Gasteiger charge is -2.09. The Kier molecular flexibility index (Phi) is 2.77. The minimum Gasteiger partial charge on any atom is -0.463 e. The number of hydrogen-bond acceptors (Lipinski definition) is 3. The van der Waals surface area contributed by atoms with Gasteiger partial charge in [0.25, 0.3) is 0 Å². The zero-order chi connectivity index (χ0) is 9.80. The van der Waals surface area contributed by atoms with E-state index < -0.39 is 0 Å². The maximum atomic E-state index is 5.51. The molecule has 0 aromatic carbocycles. The summed E-state index contributed by atoms with van der Waals surface area (Å²) in [4.78, 5) is 8.23. The van der Waals surface area contributed by atoms with Crippen LogP contribution in [0.5, 0.6) is 6.01 Å². The van der Waals surface area contributed by atoms with Crippen molar-refractivity contribution in [3.63, 3.8) is 0 Å². The van der Waals surface area contributed by atoms with Crippen molar-refractivity contribution in [2.75, 3.05) is 6.61 Å². The summed E-state index contributed by atoms with van der Waals surface area (Å²) in [6.45, 7) is 2.65. The van der Waals surface area contributed by atoms with Gasteiger partial charge >= 0.3 is 6.01 Å². The molecular formula is C11H14N2O. The van der Waals surface area contributed by atoms with Crippen molar-refractivity contribution in [1.29, 1.82) is 0 Å². The highest BCUT2D eigenvalue weighted by atomic mass is 16.5. The van der Waals surface area contributed by atoms with E-state index in [1.54, 1.807) is 6.20 Å². The third-order valence-corrected chi connectivity index (χ3v) is 2.33. The third kappa shape index (κ3) is 2.31. The average Bonchev–Trinajstić information content (AvgIpc) is 2.67. The van der Waals surface area contributed by atoms with E-state index >= 15 is 0 Å². The normalized spacial score (nSPS) is 16.1. The van der Waals surface area contributed by atoms with Crippen molar-refractivity contribution < 1.29 is 4.74 Å². The van der Waals surface area contributed by atoms with Gasteiger partial charge < -0.3 is 4.74 Å². The molecule has 0 fully saturated rings. The Morgan fingerprint density at radius 3 is 2.93 bits per heavy atom.